The summed E-state index contributed by atoms with van der Waals surface area (Å²) in [5.74, 6) is 0.897. The van der Waals surface area contributed by atoms with Crippen molar-refractivity contribution < 1.29 is 0 Å². The van der Waals surface area contributed by atoms with Crippen LogP contribution in [-0.4, -0.2) is 46.0 Å². The maximum atomic E-state index is 4.38. The van der Waals surface area contributed by atoms with Gasteiger partial charge in [0.15, 0.2) is 5.96 Å². The van der Waals surface area contributed by atoms with Gasteiger partial charge < -0.3 is 19.8 Å². The van der Waals surface area contributed by atoms with Gasteiger partial charge in [0, 0.05) is 57.4 Å². The monoisotopic (exact) mass is 324 g/mol. The molecule has 0 atom stereocenters. The first kappa shape index (κ1) is 16.1. The molecule has 0 aliphatic rings. The van der Waals surface area contributed by atoms with E-state index >= 15 is 0 Å². The fraction of sp³-hybridized carbons (Fsp3) is 0.333. The number of guanidine groups is 1. The van der Waals surface area contributed by atoms with E-state index in [2.05, 4.69) is 68.2 Å². The van der Waals surface area contributed by atoms with E-state index in [1.807, 2.05) is 19.3 Å². The first-order valence-corrected chi connectivity index (χ1v) is 8.12. The van der Waals surface area contributed by atoms with Crippen molar-refractivity contribution in [3.63, 3.8) is 0 Å². The highest BCUT2D eigenvalue weighted by molar-refractivity contribution is 5.81. The first-order chi connectivity index (χ1) is 11.7. The number of fused-ring (bicyclic) bond motifs is 1. The van der Waals surface area contributed by atoms with Gasteiger partial charge in [-0.05, 0) is 36.2 Å². The van der Waals surface area contributed by atoms with Gasteiger partial charge in [-0.2, -0.15) is 0 Å². The molecule has 2 N–H and O–H groups in total. The highest BCUT2D eigenvalue weighted by Gasteiger charge is 2.09. The summed E-state index contributed by atoms with van der Waals surface area (Å²) >= 11 is 0. The molecule has 3 aromatic rings. The number of aromatic nitrogens is 3. The van der Waals surface area contributed by atoms with E-state index in [4.69, 9.17) is 0 Å². The van der Waals surface area contributed by atoms with Crippen LogP contribution in [0.25, 0.3) is 11.0 Å². The Morgan fingerprint density at radius 3 is 3.00 bits per heavy atom. The fourth-order valence-electron chi connectivity index (χ4n) is 2.89. The maximum Gasteiger partial charge on any atom is 0.193 e. The molecule has 0 aliphatic carbocycles. The van der Waals surface area contributed by atoms with Crippen LogP contribution < -0.4 is 5.32 Å². The number of hydrogen-bond donors (Lipinski definition) is 2. The number of pyridine rings is 1. The number of aromatic amines is 1. The smallest absolute Gasteiger partial charge is 0.193 e. The molecule has 6 nitrogen and oxygen atoms in total. The normalized spacial score (nSPS) is 11.9. The molecule has 6 heteroatoms. The Kier molecular flexibility index (Phi) is 4.84. The Bertz CT molecular complexity index is 829. The van der Waals surface area contributed by atoms with Gasteiger partial charge >= 0.3 is 0 Å². The molecule has 0 bridgehead atoms. The number of nitrogens with one attached hydrogen (secondary N) is 2. The Hall–Kier alpha value is -2.76. The molecule has 3 aromatic heterocycles. The summed E-state index contributed by atoms with van der Waals surface area (Å²) in [5.41, 5.74) is 3.46. The van der Waals surface area contributed by atoms with E-state index in [-0.39, 0.29) is 0 Å². The fourth-order valence-corrected chi connectivity index (χ4v) is 2.89. The Morgan fingerprint density at radius 2 is 2.25 bits per heavy atom. The molecule has 0 spiro atoms. The third-order valence-corrected chi connectivity index (χ3v) is 4.24. The van der Waals surface area contributed by atoms with Gasteiger partial charge in [0.05, 0.1) is 6.54 Å². The second-order valence-electron chi connectivity index (χ2n) is 5.90. The minimum absolute atomic E-state index is 0.820. The quantitative estimate of drug-likeness (QED) is 0.558. The molecule has 0 aliphatic heterocycles. The van der Waals surface area contributed by atoms with Crippen molar-refractivity contribution in [1.29, 1.82) is 0 Å². The zero-order valence-electron chi connectivity index (χ0n) is 14.5. The molecular weight excluding hydrogens is 300 g/mol. The topological polar surface area (TPSA) is 61.2 Å². The maximum absolute atomic E-state index is 4.38. The van der Waals surface area contributed by atoms with Gasteiger partial charge in [0.2, 0.25) is 0 Å². The van der Waals surface area contributed by atoms with Crippen LogP contribution in [0.2, 0.25) is 0 Å². The lowest BCUT2D eigenvalue weighted by Gasteiger charge is -2.22. The highest BCUT2D eigenvalue weighted by atomic mass is 15.3. The molecule has 0 saturated carbocycles. The number of aliphatic imine (C=N–C) groups is 1. The van der Waals surface area contributed by atoms with Gasteiger partial charge in [-0.1, -0.05) is 0 Å². The Balaban J connectivity index is 1.57. The summed E-state index contributed by atoms with van der Waals surface area (Å²) in [6.45, 7) is 1.65. The predicted molar refractivity (Wildman–Crippen MR) is 98.0 cm³/mol. The lowest BCUT2D eigenvalue weighted by molar-refractivity contribution is 0.462. The van der Waals surface area contributed by atoms with E-state index in [0.717, 1.165) is 31.1 Å². The summed E-state index contributed by atoms with van der Waals surface area (Å²) in [7, 11) is 5.93. The lowest BCUT2D eigenvalue weighted by atomic mass is 10.1. The van der Waals surface area contributed by atoms with E-state index in [1.54, 1.807) is 6.20 Å². The van der Waals surface area contributed by atoms with Crippen LogP contribution in [0.1, 0.15) is 11.3 Å². The van der Waals surface area contributed by atoms with E-state index in [1.165, 1.54) is 16.6 Å². The Labute approximate surface area is 142 Å². The van der Waals surface area contributed by atoms with Crippen LogP contribution in [0.3, 0.4) is 0 Å². The highest BCUT2D eigenvalue weighted by Crippen LogP contribution is 2.15. The minimum Gasteiger partial charge on any atom is -0.356 e. The number of aryl methyl sites for hydroxylation is 1. The number of nitrogens with zero attached hydrogens (tertiary/aromatic N) is 4. The van der Waals surface area contributed by atoms with Crippen LogP contribution >= 0.6 is 0 Å². The second-order valence-corrected chi connectivity index (χ2v) is 5.90. The van der Waals surface area contributed by atoms with Crippen molar-refractivity contribution in [3.05, 3.63) is 54.1 Å². The van der Waals surface area contributed by atoms with E-state index in [0.29, 0.717) is 0 Å². The molecule has 3 rings (SSSR count). The minimum atomic E-state index is 0.820. The zero-order chi connectivity index (χ0) is 16.9. The molecule has 3 heterocycles. The molecule has 0 aromatic carbocycles. The molecular formula is C18H24N6. The number of rotatable bonds is 5. The van der Waals surface area contributed by atoms with Gasteiger partial charge in [-0.25, -0.2) is 4.98 Å². The largest absolute Gasteiger partial charge is 0.356 e. The third kappa shape index (κ3) is 3.42. The van der Waals surface area contributed by atoms with Crippen LogP contribution in [0.5, 0.6) is 0 Å². The summed E-state index contributed by atoms with van der Waals surface area (Å²) in [6, 6.07) is 8.26. The van der Waals surface area contributed by atoms with Crippen molar-refractivity contribution in [2.75, 3.05) is 20.6 Å². The predicted octanol–water partition coefficient (Wildman–Crippen LogP) is 2.15. The molecule has 126 valence electrons. The van der Waals surface area contributed by atoms with E-state index < -0.39 is 0 Å². The van der Waals surface area contributed by atoms with Gasteiger partial charge in [0.1, 0.15) is 5.65 Å². The van der Waals surface area contributed by atoms with Crippen molar-refractivity contribution in [2.24, 2.45) is 12.0 Å². The summed E-state index contributed by atoms with van der Waals surface area (Å²) in [4.78, 5) is 14.1. The van der Waals surface area contributed by atoms with Crippen LogP contribution in [0.4, 0.5) is 0 Å². The first-order valence-electron chi connectivity index (χ1n) is 8.12. The number of H-pyrrole nitrogens is 1. The van der Waals surface area contributed by atoms with Crippen LogP contribution in [0.15, 0.2) is 47.8 Å². The second kappa shape index (κ2) is 7.21. The van der Waals surface area contributed by atoms with Crippen LogP contribution in [-0.2, 0) is 20.0 Å². The van der Waals surface area contributed by atoms with Crippen molar-refractivity contribution in [2.45, 2.75) is 13.0 Å². The average Bonchev–Trinajstić information content (AvgIpc) is 3.18. The third-order valence-electron chi connectivity index (χ3n) is 4.24. The van der Waals surface area contributed by atoms with E-state index in [9.17, 15) is 0 Å². The Morgan fingerprint density at radius 1 is 1.38 bits per heavy atom. The standard InChI is InChI=1S/C18H24N6/c1-19-18(24(3)13-15-6-5-11-23(15)2)21-10-8-14-12-22-17-16(14)7-4-9-20-17/h4-7,9,11-12H,8,10,13H2,1-3H3,(H,19,21)(H,20,22). The average molecular weight is 324 g/mol. The molecule has 0 radical (unpaired) electrons. The summed E-state index contributed by atoms with van der Waals surface area (Å²) in [6.07, 6.45) is 6.82. The van der Waals surface area contributed by atoms with Gasteiger partial charge in [-0.15, -0.1) is 0 Å². The molecule has 0 amide bonds. The van der Waals surface area contributed by atoms with Crippen LogP contribution in [0, 0.1) is 0 Å². The lowest BCUT2D eigenvalue weighted by Crippen LogP contribution is -2.39. The van der Waals surface area contributed by atoms with Crippen molar-refractivity contribution in [3.8, 4) is 0 Å². The summed E-state index contributed by atoms with van der Waals surface area (Å²) in [5, 5.41) is 4.62. The van der Waals surface area contributed by atoms with Crippen molar-refractivity contribution in [1.82, 2.24) is 24.8 Å². The van der Waals surface area contributed by atoms with Gasteiger partial charge in [-0.3, -0.25) is 4.99 Å². The summed E-state index contributed by atoms with van der Waals surface area (Å²) < 4.78 is 2.13. The molecule has 0 fully saturated rings. The molecule has 0 saturated heterocycles. The zero-order valence-corrected chi connectivity index (χ0v) is 14.5. The van der Waals surface area contributed by atoms with Crippen molar-refractivity contribution >= 4 is 17.0 Å². The molecule has 0 unspecified atom stereocenters. The van der Waals surface area contributed by atoms with Gasteiger partial charge in [0.25, 0.3) is 0 Å². The number of hydrogen-bond acceptors (Lipinski definition) is 2. The SMILES string of the molecule is CN=C(NCCc1c[nH]c2ncccc12)N(C)Cc1cccn1C. The molecule has 24 heavy (non-hydrogen) atoms.